The monoisotopic (exact) mass is 304 g/mol. The molecule has 0 saturated heterocycles. The summed E-state index contributed by atoms with van der Waals surface area (Å²) in [6.45, 7) is 1.70. The van der Waals surface area contributed by atoms with Crippen molar-refractivity contribution in [2.24, 2.45) is 11.1 Å². The zero-order chi connectivity index (χ0) is 15.3. The Kier molecular flexibility index (Phi) is 5.28. The van der Waals surface area contributed by atoms with Gasteiger partial charge in [-0.05, 0) is 6.07 Å². The van der Waals surface area contributed by atoms with Gasteiger partial charge in [-0.2, -0.15) is 0 Å². The van der Waals surface area contributed by atoms with Crippen molar-refractivity contribution in [3.63, 3.8) is 0 Å². The molecule has 0 amide bonds. The molecule has 0 aromatic heterocycles. The van der Waals surface area contributed by atoms with Gasteiger partial charge in [-0.25, -0.2) is 13.6 Å². The van der Waals surface area contributed by atoms with Crippen LogP contribution < -0.4 is 14.6 Å². The lowest BCUT2D eigenvalue weighted by molar-refractivity contribution is -0.385. The number of benzene rings is 1. The highest BCUT2D eigenvalue weighted by molar-refractivity contribution is 7.89. The van der Waals surface area contributed by atoms with E-state index in [4.69, 9.17) is 14.6 Å². The molecule has 112 valence electrons. The van der Waals surface area contributed by atoms with Crippen LogP contribution in [0, 0.1) is 16.0 Å². The summed E-state index contributed by atoms with van der Waals surface area (Å²) in [5.74, 6) is -0.0695. The molecule has 8 nitrogen and oxygen atoms in total. The summed E-state index contributed by atoms with van der Waals surface area (Å²) < 4.78 is 32.3. The molecule has 1 aromatic rings. The fourth-order valence-corrected chi connectivity index (χ4v) is 2.46. The molecule has 0 aliphatic heterocycles. The standard InChI is InChI=1S/C11H16N2O6S/c1-8(7-20(12,16)17)6-19-11-5-9(13(14)15)3-4-10(11)18-2/h3-5,8H,6-7H2,1-2H3,(H2,12,16,17). The number of non-ortho nitro benzene ring substituents is 1. The zero-order valence-electron chi connectivity index (χ0n) is 11.1. The second-order valence-corrected chi connectivity index (χ2v) is 6.00. The van der Waals surface area contributed by atoms with Crippen molar-refractivity contribution in [1.29, 1.82) is 0 Å². The van der Waals surface area contributed by atoms with Crippen LogP contribution in [0.4, 0.5) is 5.69 Å². The summed E-state index contributed by atoms with van der Waals surface area (Å²) in [4.78, 5) is 10.1. The largest absolute Gasteiger partial charge is 0.493 e. The van der Waals surface area contributed by atoms with E-state index in [1.165, 1.54) is 25.3 Å². The van der Waals surface area contributed by atoms with Gasteiger partial charge in [0.25, 0.3) is 5.69 Å². The quantitative estimate of drug-likeness (QED) is 0.590. The molecule has 1 unspecified atom stereocenters. The normalized spacial score (nSPS) is 12.8. The topological polar surface area (TPSA) is 122 Å². The number of primary sulfonamides is 1. The third-order valence-electron chi connectivity index (χ3n) is 2.40. The molecular weight excluding hydrogens is 288 g/mol. The Bertz CT molecular complexity index is 587. The summed E-state index contributed by atoms with van der Waals surface area (Å²) in [5.41, 5.74) is -0.139. The van der Waals surface area contributed by atoms with Crippen LogP contribution in [0.3, 0.4) is 0 Å². The van der Waals surface area contributed by atoms with E-state index in [9.17, 15) is 18.5 Å². The van der Waals surface area contributed by atoms with Crippen molar-refractivity contribution in [2.45, 2.75) is 6.92 Å². The molecular formula is C11H16N2O6S. The maximum atomic E-state index is 10.9. The van der Waals surface area contributed by atoms with Gasteiger partial charge in [0.1, 0.15) is 0 Å². The van der Waals surface area contributed by atoms with E-state index in [0.29, 0.717) is 5.75 Å². The average Bonchev–Trinajstić information content (AvgIpc) is 2.33. The predicted octanol–water partition coefficient (Wildman–Crippen LogP) is 0.907. The van der Waals surface area contributed by atoms with Gasteiger partial charge in [-0.15, -0.1) is 0 Å². The number of methoxy groups -OCH3 is 1. The van der Waals surface area contributed by atoms with Gasteiger partial charge in [0.05, 0.1) is 30.5 Å². The van der Waals surface area contributed by atoms with E-state index < -0.39 is 14.9 Å². The van der Waals surface area contributed by atoms with E-state index in [1.54, 1.807) is 6.92 Å². The van der Waals surface area contributed by atoms with Crippen LogP contribution >= 0.6 is 0 Å². The Morgan fingerprint density at radius 2 is 2.05 bits per heavy atom. The number of nitro groups is 1. The first-order chi connectivity index (χ1) is 9.23. The highest BCUT2D eigenvalue weighted by Crippen LogP contribution is 2.31. The molecule has 1 rings (SSSR count). The Morgan fingerprint density at radius 1 is 1.40 bits per heavy atom. The second-order valence-electron chi connectivity index (χ2n) is 4.34. The Hall–Kier alpha value is -1.87. The highest BCUT2D eigenvalue weighted by Gasteiger charge is 2.16. The number of sulfonamides is 1. The number of nitrogens with two attached hydrogens (primary N) is 1. The lowest BCUT2D eigenvalue weighted by atomic mass is 10.2. The van der Waals surface area contributed by atoms with Gasteiger partial charge < -0.3 is 9.47 Å². The van der Waals surface area contributed by atoms with Crippen LogP contribution in [0.1, 0.15) is 6.92 Å². The van der Waals surface area contributed by atoms with Crippen LogP contribution in [-0.4, -0.2) is 32.8 Å². The molecule has 1 aromatic carbocycles. The molecule has 0 heterocycles. The number of nitrogens with zero attached hydrogens (tertiary/aromatic N) is 1. The van der Waals surface area contributed by atoms with E-state index in [2.05, 4.69) is 0 Å². The summed E-state index contributed by atoms with van der Waals surface area (Å²) in [6.07, 6.45) is 0. The maximum absolute atomic E-state index is 10.9. The minimum absolute atomic E-state index is 0.0496. The molecule has 0 aliphatic carbocycles. The molecule has 20 heavy (non-hydrogen) atoms. The van der Waals surface area contributed by atoms with Crippen molar-refractivity contribution in [2.75, 3.05) is 19.5 Å². The lowest BCUT2D eigenvalue weighted by Gasteiger charge is -2.14. The molecule has 0 radical (unpaired) electrons. The van der Waals surface area contributed by atoms with Crippen LogP contribution in [0.15, 0.2) is 18.2 Å². The average molecular weight is 304 g/mol. The van der Waals surface area contributed by atoms with Crippen molar-refractivity contribution in [3.05, 3.63) is 28.3 Å². The predicted molar refractivity (Wildman–Crippen MR) is 72.3 cm³/mol. The Labute approximate surface area is 116 Å². The minimum atomic E-state index is -3.58. The first-order valence-electron chi connectivity index (χ1n) is 5.68. The van der Waals surface area contributed by atoms with E-state index in [1.807, 2.05) is 0 Å². The van der Waals surface area contributed by atoms with Gasteiger partial charge in [-0.3, -0.25) is 10.1 Å². The second kappa shape index (κ2) is 6.53. The van der Waals surface area contributed by atoms with Gasteiger partial charge in [0.15, 0.2) is 11.5 Å². The smallest absolute Gasteiger partial charge is 0.273 e. The summed E-state index contributed by atoms with van der Waals surface area (Å²) in [5, 5.41) is 15.6. The number of ether oxygens (including phenoxy) is 2. The molecule has 9 heteroatoms. The number of hydrogen-bond donors (Lipinski definition) is 1. The van der Waals surface area contributed by atoms with Crippen LogP contribution in [-0.2, 0) is 10.0 Å². The summed E-state index contributed by atoms with van der Waals surface area (Å²) >= 11 is 0. The summed E-state index contributed by atoms with van der Waals surface area (Å²) in [7, 11) is -2.18. The number of nitro benzene ring substituents is 1. The third-order valence-corrected chi connectivity index (χ3v) is 3.43. The highest BCUT2D eigenvalue weighted by atomic mass is 32.2. The summed E-state index contributed by atoms with van der Waals surface area (Å²) in [6, 6.07) is 3.93. The van der Waals surface area contributed by atoms with E-state index in [-0.39, 0.29) is 29.7 Å². The van der Waals surface area contributed by atoms with Crippen molar-refractivity contribution in [1.82, 2.24) is 0 Å². The van der Waals surface area contributed by atoms with Gasteiger partial charge >= 0.3 is 0 Å². The third kappa shape index (κ3) is 5.02. The maximum Gasteiger partial charge on any atom is 0.273 e. The van der Waals surface area contributed by atoms with Gasteiger partial charge in [-0.1, -0.05) is 6.92 Å². The molecule has 0 spiro atoms. The molecule has 0 aliphatic rings. The molecule has 0 bridgehead atoms. The van der Waals surface area contributed by atoms with Gasteiger partial charge in [0.2, 0.25) is 10.0 Å². The minimum Gasteiger partial charge on any atom is -0.493 e. The molecule has 1 atom stereocenters. The Morgan fingerprint density at radius 3 is 2.55 bits per heavy atom. The number of hydrogen-bond acceptors (Lipinski definition) is 6. The fourth-order valence-electron chi connectivity index (χ4n) is 1.57. The fraction of sp³-hybridized carbons (Fsp3) is 0.455. The van der Waals surface area contributed by atoms with Crippen LogP contribution in [0.25, 0.3) is 0 Å². The van der Waals surface area contributed by atoms with E-state index in [0.717, 1.165) is 0 Å². The van der Waals surface area contributed by atoms with E-state index >= 15 is 0 Å². The lowest BCUT2D eigenvalue weighted by Crippen LogP contribution is -2.25. The van der Waals surface area contributed by atoms with Crippen LogP contribution in [0.2, 0.25) is 0 Å². The zero-order valence-corrected chi connectivity index (χ0v) is 11.9. The van der Waals surface area contributed by atoms with Gasteiger partial charge in [0, 0.05) is 12.0 Å². The van der Waals surface area contributed by atoms with Crippen LogP contribution in [0.5, 0.6) is 11.5 Å². The number of rotatable bonds is 7. The first kappa shape index (κ1) is 16.2. The Balaban J connectivity index is 2.80. The molecule has 2 N–H and O–H groups in total. The molecule has 0 saturated carbocycles. The van der Waals surface area contributed by atoms with Crippen molar-refractivity contribution < 1.29 is 22.8 Å². The molecule has 0 fully saturated rings. The van der Waals surface area contributed by atoms with Crippen molar-refractivity contribution in [3.8, 4) is 11.5 Å². The first-order valence-corrected chi connectivity index (χ1v) is 7.40. The van der Waals surface area contributed by atoms with Crippen molar-refractivity contribution >= 4 is 15.7 Å². The SMILES string of the molecule is COc1ccc([N+](=O)[O-])cc1OCC(C)CS(N)(=O)=O.